The van der Waals surface area contributed by atoms with Crippen LogP contribution in [0.25, 0.3) is 0 Å². The number of nitrogens with one attached hydrogen (secondary N) is 1. The third-order valence-corrected chi connectivity index (χ3v) is 13.3. The molecule has 2 unspecified atom stereocenters. The van der Waals surface area contributed by atoms with E-state index in [2.05, 4.69) is 70.2 Å². The van der Waals surface area contributed by atoms with E-state index in [1.807, 2.05) is 30.3 Å². The second-order valence-electron chi connectivity index (χ2n) is 17.5. The summed E-state index contributed by atoms with van der Waals surface area (Å²) in [4.78, 5) is 54.9. The van der Waals surface area contributed by atoms with Gasteiger partial charge in [0.15, 0.2) is 19.7 Å². The van der Waals surface area contributed by atoms with E-state index in [4.69, 9.17) is 9.47 Å². The fourth-order valence-corrected chi connectivity index (χ4v) is 8.82. The van der Waals surface area contributed by atoms with Gasteiger partial charge in [-0.05, 0) is 79.8 Å². The van der Waals surface area contributed by atoms with E-state index in [0.29, 0.717) is 46.2 Å². The van der Waals surface area contributed by atoms with Crippen LogP contribution in [0.1, 0.15) is 74.1 Å². The van der Waals surface area contributed by atoms with Crippen LogP contribution in [0.3, 0.4) is 0 Å². The van der Waals surface area contributed by atoms with Crippen molar-refractivity contribution in [1.29, 1.82) is 0 Å². The Labute approximate surface area is 423 Å². The SMILES string of the molecule is CC(=O)OOC(C)=O.CC(C)[C@H]1CN(c2cccc(S(C)(=O)=O)c2)CCN1.CC(C)[C@H]1CN(c2cccc(S(C)(=O)=O)c2)CCN1CC1CCCOC1.O=CC1CCCOC1.[B-]OC(C)=O.[Na+]. The van der Waals surface area contributed by atoms with Crippen LogP contribution in [0.4, 0.5) is 11.4 Å². The van der Waals surface area contributed by atoms with E-state index >= 15 is 0 Å². The van der Waals surface area contributed by atoms with Crippen LogP contribution in [-0.4, -0.2) is 151 Å². The van der Waals surface area contributed by atoms with Gasteiger partial charge in [0.1, 0.15) is 6.29 Å². The number of hydrogen-bond donors (Lipinski definition) is 1. The molecule has 4 atom stereocenters. The Morgan fingerprint density at radius 2 is 1.27 bits per heavy atom. The van der Waals surface area contributed by atoms with Gasteiger partial charge in [-0.25, -0.2) is 36.2 Å². The van der Waals surface area contributed by atoms with Crippen molar-refractivity contribution < 1.29 is 89.5 Å². The minimum atomic E-state index is -3.17. The summed E-state index contributed by atoms with van der Waals surface area (Å²) in [7, 11) is -1.99. The monoisotopic (exact) mass is 987 g/mol. The van der Waals surface area contributed by atoms with Crippen LogP contribution >= 0.6 is 0 Å². The topological polar surface area (TPSA) is 204 Å². The molecule has 0 aromatic heterocycles. The molecular formula is C46H73BN4NaO13S2. The van der Waals surface area contributed by atoms with Crippen molar-refractivity contribution >= 4 is 63.3 Å². The molecule has 0 spiro atoms. The summed E-state index contributed by atoms with van der Waals surface area (Å²) in [6.07, 6.45) is 8.01. The maximum absolute atomic E-state index is 11.9. The molecule has 3 radical (unpaired) electrons. The first kappa shape index (κ1) is 61.9. The molecule has 4 aliphatic heterocycles. The number of anilines is 2. The molecule has 2 aromatic rings. The maximum atomic E-state index is 11.9. The average molecular weight is 988 g/mol. The molecule has 4 saturated heterocycles. The zero-order valence-corrected chi connectivity index (χ0v) is 44.9. The van der Waals surface area contributed by atoms with E-state index in [9.17, 15) is 36.0 Å². The zero-order valence-electron chi connectivity index (χ0n) is 41.3. The molecule has 67 heavy (non-hydrogen) atoms. The van der Waals surface area contributed by atoms with Crippen LogP contribution in [0, 0.1) is 23.7 Å². The molecule has 0 bridgehead atoms. The third kappa shape index (κ3) is 24.9. The minimum absolute atomic E-state index is 0. The molecule has 21 heteroatoms. The largest absolute Gasteiger partial charge is 1.00 e. The van der Waals surface area contributed by atoms with Crippen molar-refractivity contribution in [1.82, 2.24) is 10.2 Å². The van der Waals surface area contributed by atoms with Gasteiger partial charge in [-0.15, -0.1) is 0 Å². The molecule has 4 aliphatic rings. The number of ether oxygens (including phenoxy) is 2. The predicted molar refractivity (Wildman–Crippen MR) is 255 cm³/mol. The first-order valence-corrected chi connectivity index (χ1v) is 26.2. The van der Waals surface area contributed by atoms with E-state index in [1.165, 1.54) is 32.3 Å². The molecule has 17 nitrogen and oxygen atoms in total. The number of piperazine rings is 2. The summed E-state index contributed by atoms with van der Waals surface area (Å²) in [5, 5.41) is 3.50. The van der Waals surface area contributed by atoms with Gasteiger partial charge in [0.25, 0.3) is 0 Å². The van der Waals surface area contributed by atoms with Crippen LogP contribution < -0.4 is 44.7 Å². The number of hydrogen-bond acceptors (Lipinski definition) is 17. The number of benzene rings is 2. The number of carbonyl (C=O) groups excluding carboxylic acids is 4. The van der Waals surface area contributed by atoms with Crippen molar-refractivity contribution in [2.24, 2.45) is 23.7 Å². The van der Waals surface area contributed by atoms with Crippen LogP contribution in [0.5, 0.6) is 0 Å². The number of rotatable bonds is 9. The summed E-state index contributed by atoms with van der Waals surface area (Å²) in [6.45, 7) is 22.5. The van der Waals surface area contributed by atoms with Gasteiger partial charge < -0.3 is 42.1 Å². The normalized spacial score (nSPS) is 20.8. The summed E-state index contributed by atoms with van der Waals surface area (Å²) >= 11 is 0. The number of carbonyl (C=O) groups is 4. The molecule has 1 N–H and O–H groups in total. The quantitative estimate of drug-likeness (QED) is 0.164. The summed E-state index contributed by atoms with van der Waals surface area (Å²) in [5.74, 6) is 0.209. The van der Waals surface area contributed by atoms with Gasteiger partial charge in [-0.2, -0.15) is 0 Å². The summed E-state index contributed by atoms with van der Waals surface area (Å²) < 4.78 is 61.3. The molecule has 371 valence electrons. The Morgan fingerprint density at radius 1 is 0.761 bits per heavy atom. The first-order valence-electron chi connectivity index (χ1n) is 22.5. The van der Waals surface area contributed by atoms with Gasteiger partial charge >= 0.3 is 41.5 Å². The molecule has 4 heterocycles. The van der Waals surface area contributed by atoms with Crippen LogP contribution in [-0.2, 0) is 62.8 Å². The van der Waals surface area contributed by atoms with Crippen molar-refractivity contribution in [3.63, 3.8) is 0 Å². The van der Waals surface area contributed by atoms with Crippen molar-refractivity contribution in [3.05, 3.63) is 48.5 Å². The number of nitrogens with zero attached hydrogens (tertiary/aromatic N) is 3. The van der Waals surface area contributed by atoms with Gasteiger partial charge in [0.2, 0.25) is 5.97 Å². The van der Waals surface area contributed by atoms with Crippen molar-refractivity contribution in [2.75, 3.05) is 94.6 Å². The van der Waals surface area contributed by atoms with E-state index in [1.54, 1.807) is 18.2 Å². The van der Waals surface area contributed by atoms with Crippen LogP contribution in [0.2, 0.25) is 0 Å². The van der Waals surface area contributed by atoms with Gasteiger partial charge in [0.05, 0.1) is 23.0 Å². The summed E-state index contributed by atoms with van der Waals surface area (Å²) in [6, 6.07) is 15.5. The molecule has 4 fully saturated rings. The second-order valence-corrected chi connectivity index (χ2v) is 21.5. The number of sulfone groups is 2. The van der Waals surface area contributed by atoms with Gasteiger partial charge in [0, 0.05) is 122 Å². The standard InChI is InChI=1S/C20H32N2O3S.C14H22N2O2S.C6H10O2.C4H6O4.C2H3BO2.Na/c1-16(2)20-14-21(18-7-4-8-19(12-18)26(3,23)24)9-10-22(20)13-17-6-5-11-25-15-17;1-11(2)14-10-16(8-7-15-14)12-5-4-6-13(9-12)19(3,17)18;7-4-6-2-1-3-8-5-6;1-3(5)7-8-4(2)6;1-2(4)5-3;/h4,7-8,12,16-17,20H,5-6,9-11,13-15H2,1-3H3;4-6,9,11,14-15H,7-8,10H2,1-3H3;4,6H,1-3,5H2;1-2H3;1H3;/q;;;;-1;+1/t17?,20-;14-;;;;/m11..../s1. The molecule has 6 rings (SSSR count). The predicted octanol–water partition coefficient (Wildman–Crippen LogP) is 1.46. The van der Waals surface area contributed by atoms with Crippen molar-refractivity contribution in [2.45, 2.75) is 96.0 Å². The van der Waals surface area contributed by atoms with E-state index in [0.717, 1.165) is 110 Å². The Hall–Kier alpha value is -3.08. The molecule has 0 saturated carbocycles. The smallest absolute Gasteiger partial charge is 0.793 e. The molecule has 2 aromatic carbocycles. The second kappa shape index (κ2) is 31.9. The summed E-state index contributed by atoms with van der Waals surface area (Å²) in [5.41, 5.74) is 2.01. The minimum Gasteiger partial charge on any atom is -0.793 e. The fourth-order valence-electron chi connectivity index (χ4n) is 7.50. The maximum Gasteiger partial charge on any atom is 1.00 e. The Bertz CT molecular complexity index is 2010. The van der Waals surface area contributed by atoms with Crippen molar-refractivity contribution in [3.8, 4) is 0 Å². The molecular weight excluding hydrogens is 914 g/mol. The van der Waals surface area contributed by atoms with Crippen LogP contribution in [0.15, 0.2) is 58.3 Å². The zero-order chi connectivity index (χ0) is 49.5. The van der Waals surface area contributed by atoms with Gasteiger partial charge in [-0.1, -0.05) is 39.8 Å². The van der Waals surface area contributed by atoms with Gasteiger partial charge in [-0.3, -0.25) is 9.69 Å². The molecule has 0 amide bonds. The Kier molecular flexibility index (Phi) is 29.5. The Balaban J connectivity index is 0.000000475. The first-order chi connectivity index (χ1) is 31.0. The van der Waals surface area contributed by atoms with E-state index in [-0.39, 0.29) is 35.5 Å². The Morgan fingerprint density at radius 3 is 1.66 bits per heavy atom. The average Bonchev–Trinajstić information content (AvgIpc) is 3.29. The number of aldehydes is 1. The third-order valence-electron chi connectivity index (χ3n) is 11.1. The molecule has 0 aliphatic carbocycles. The van der Waals surface area contributed by atoms with E-state index < -0.39 is 37.6 Å². The fraction of sp³-hybridized carbons (Fsp3) is 0.652.